The molecule has 2 rings (SSSR count). The maximum atomic E-state index is 12.5. The number of nitrogens with zero attached hydrogens (tertiary/aromatic N) is 2. The Morgan fingerprint density at radius 3 is 2.71 bits per heavy atom. The molecule has 0 atom stereocenters. The third-order valence-electron chi connectivity index (χ3n) is 2.10. The lowest BCUT2D eigenvalue weighted by Gasteiger charge is -2.15. The van der Waals surface area contributed by atoms with Gasteiger partial charge in [0, 0.05) is 6.54 Å². The number of anilines is 1. The summed E-state index contributed by atoms with van der Waals surface area (Å²) in [6.45, 7) is 0.454. The van der Waals surface area contributed by atoms with Crippen LogP contribution in [0.5, 0.6) is 0 Å². The van der Waals surface area contributed by atoms with E-state index in [-0.39, 0.29) is 5.75 Å². The standard InChI is InChI=1S/C8H9FN2O2S/c9-8-3-2-7(6-10-8)11-4-1-5-14(11,12)13/h2-3,6H,1,4-5H2. The van der Waals surface area contributed by atoms with E-state index in [9.17, 15) is 12.8 Å². The minimum Gasteiger partial charge on any atom is -0.269 e. The average Bonchev–Trinajstić information content (AvgIpc) is 2.47. The molecule has 0 saturated carbocycles. The fourth-order valence-electron chi connectivity index (χ4n) is 1.45. The van der Waals surface area contributed by atoms with E-state index in [4.69, 9.17) is 0 Å². The zero-order chi connectivity index (χ0) is 10.2. The van der Waals surface area contributed by atoms with E-state index in [0.29, 0.717) is 18.7 Å². The molecule has 14 heavy (non-hydrogen) atoms. The lowest BCUT2D eigenvalue weighted by molar-refractivity contribution is 0.582. The monoisotopic (exact) mass is 216 g/mol. The summed E-state index contributed by atoms with van der Waals surface area (Å²) in [7, 11) is -3.18. The van der Waals surface area contributed by atoms with Gasteiger partial charge in [0.1, 0.15) is 0 Å². The summed E-state index contributed by atoms with van der Waals surface area (Å²) >= 11 is 0. The fourth-order valence-corrected chi connectivity index (χ4v) is 3.00. The highest BCUT2D eigenvalue weighted by Crippen LogP contribution is 2.22. The van der Waals surface area contributed by atoms with Crippen molar-refractivity contribution < 1.29 is 12.8 Å². The van der Waals surface area contributed by atoms with Gasteiger partial charge in [0.25, 0.3) is 0 Å². The number of halogens is 1. The Morgan fingerprint density at radius 2 is 2.21 bits per heavy atom. The Kier molecular flexibility index (Phi) is 2.14. The van der Waals surface area contributed by atoms with Crippen LogP contribution in [-0.4, -0.2) is 25.7 Å². The zero-order valence-electron chi connectivity index (χ0n) is 7.35. The molecule has 1 fully saturated rings. The highest BCUT2D eigenvalue weighted by molar-refractivity contribution is 7.93. The summed E-state index contributed by atoms with van der Waals surface area (Å²) in [6, 6.07) is 2.58. The Bertz CT molecular complexity index is 429. The van der Waals surface area contributed by atoms with Crippen molar-refractivity contribution >= 4 is 15.7 Å². The Balaban J connectivity index is 2.36. The predicted molar refractivity (Wildman–Crippen MR) is 49.9 cm³/mol. The highest BCUT2D eigenvalue weighted by atomic mass is 32.2. The van der Waals surface area contributed by atoms with Crippen molar-refractivity contribution in [3.8, 4) is 0 Å². The maximum absolute atomic E-state index is 12.5. The molecule has 0 amide bonds. The second-order valence-electron chi connectivity index (χ2n) is 3.08. The maximum Gasteiger partial charge on any atom is 0.235 e. The Morgan fingerprint density at radius 1 is 1.43 bits per heavy atom. The zero-order valence-corrected chi connectivity index (χ0v) is 8.17. The summed E-state index contributed by atoms with van der Waals surface area (Å²) in [5, 5.41) is 0. The van der Waals surface area contributed by atoms with Gasteiger partial charge in [0.2, 0.25) is 16.0 Å². The molecule has 0 unspecified atom stereocenters. The molecule has 76 valence electrons. The number of sulfonamides is 1. The highest BCUT2D eigenvalue weighted by Gasteiger charge is 2.28. The molecular weight excluding hydrogens is 207 g/mol. The Labute approximate surface area is 81.4 Å². The summed E-state index contributed by atoms with van der Waals surface area (Å²) in [4.78, 5) is 3.42. The van der Waals surface area contributed by atoms with Crippen molar-refractivity contribution in [2.75, 3.05) is 16.6 Å². The van der Waals surface area contributed by atoms with Crippen molar-refractivity contribution in [1.82, 2.24) is 4.98 Å². The van der Waals surface area contributed by atoms with Crippen molar-refractivity contribution in [2.24, 2.45) is 0 Å². The molecular formula is C8H9FN2O2S. The van der Waals surface area contributed by atoms with Crippen molar-refractivity contribution in [1.29, 1.82) is 0 Å². The number of aromatic nitrogens is 1. The summed E-state index contributed by atoms with van der Waals surface area (Å²) in [5.74, 6) is -0.449. The molecule has 0 spiro atoms. The van der Waals surface area contributed by atoms with Crippen LogP contribution in [0.3, 0.4) is 0 Å². The van der Waals surface area contributed by atoms with Gasteiger partial charge in [0.05, 0.1) is 17.6 Å². The van der Waals surface area contributed by atoms with Crippen LogP contribution in [0.1, 0.15) is 6.42 Å². The largest absolute Gasteiger partial charge is 0.269 e. The van der Waals surface area contributed by atoms with Crippen LogP contribution in [0.25, 0.3) is 0 Å². The van der Waals surface area contributed by atoms with Gasteiger partial charge in [-0.05, 0) is 18.6 Å². The van der Waals surface area contributed by atoms with Crippen LogP contribution in [0.15, 0.2) is 18.3 Å². The van der Waals surface area contributed by atoms with Crippen LogP contribution in [0, 0.1) is 5.95 Å². The van der Waals surface area contributed by atoms with Crippen molar-refractivity contribution in [2.45, 2.75) is 6.42 Å². The molecule has 1 aromatic heterocycles. The quantitative estimate of drug-likeness (QED) is 0.651. The second-order valence-corrected chi connectivity index (χ2v) is 5.09. The van der Waals surface area contributed by atoms with Crippen molar-refractivity contribution in [3.05, 3.63) is 24.3 Å². The molecule has 0 N–H and O–H groups in total. The second kappa shape index (κ2) is 3.20. The van der Waals surface area contributed by atoms with E-state index in [1.54, 1.807) is 0 Å². The first-order valence-electron chi connectivity index (χ1n) is 4.21. The van der Waals surface area contributed by atoms with Crippen molar-refractivity contribution in [3.63, 3.8) is 0 Å². The first kappa shape index (κ1) is 9.39. The lowest BCUT2D eigenvalue weighted by atomic mass is 10.4. The summed E-state index contributed by atoms with van der Waals surface area (Å²) in [5.41, 5.74) is 0.434. The first-order valence-corrected chi connectivity index (χ1v) is 5.82. The molecule has 1 aliphatic rings. The molecule has 1 aromatic rings. The van der Waals surface area contributed by atoms with Crippen LogP contribution in [0.2, 0.25) is 0 Å². The third-order valence-corrected chi connectivity index (χ3v) is 3.97. The van der Waals surface area contributed by atoms with E-state index in [0.717, 1.165) is 6.07 Å². The normalized spacial score (nSPS) is 19.9. The van der Waals surface area contributed by atoms with E-state index in [1.807, 2.05) is 0 Å². The molecule has 0 aromatic carbocycles. The topological polar surface area (TPSA) is 50.3 Å². The number of pyridine rings is 1. The molecule has 2 heterocycles. The molecule has 1 aliphatic heterocycles. The number of hydrogen-bond donors (Lipinski definition) is 0. The molecule has 0 aliphatic carbocycles. The van der Waals surface area contributed by atoms with Gasteiger partial charge in [-0.3, -0.25) is 4.31 Å². The summed E-state index contributed by atoms with van der Waals surface area (Å²) in [6.07, 6.45) is 1.85. The average molecular weight is 216 g/mol. The number of hydrogen-bond acceptors (Lipinski definition) is 3. The van der Waals surface area contributed by atoms with Crippen LogP contribution >= 0.6 is 0 Å². The SMILES string of the molecule is O=S1(=O)CCCN1c1ccc(F)nc1. The van der Waals surface area contributed by atoms with Gasteiger partial charge < -0.3 is 0 Å². The van der Waals surface area contributed by atoms with E-state index in [1.165, 1.54) is 16.6 Å². The van der Waals surface area contributed by atoms with Gasteiger partial charge in [-0.25, -0.2) is 13.4 Å². The van der Waals surface area contributed by atoms with E-state index >= 15 is 0 Å². The van der Waals surface area contributed by atoms with E-state index in [2.05, 4.69) is 4.98 Å². The van der Waals surface area contributed by atoms with Crippen LogP contribution in [0.4, 0.5) is 10.1 Å². The fraction of sp³-hybridized carbons (Fsp3) is 0.375. The molecule has 6 heteroatoms. The molecule has 0 radical (unpaired) electrons. The minimum absolute atomic E-state index is 0.157. The van der Waals surface area contributed by atoms with Gasteiger partial charge in [-0.1, -0.05) is 0 Å². The molecule has 0 bridgehead atoms. The third kappa shape index (κ3) is 1.57. The Hall–Kier alpha value is -1.17. The first-order chi connectivity index (χ1) is 6.59. The molecule has 4 nitrogen and oxygen atoms in total. The van der Waals surface area contributed by atoms with Gasteiger partial charge in [0.15, 0.2) is 0 Å². The smallest absolute Gasteiger partial charge is 0.235 e. The summed E-state index contributed by atoms with van der Waals surface area (Å²) < 4.78 is 36.7. The van der Waals surface area contributed by atoms with E-state index < -0.39 is 16.0 Å². The molecule has 1 saturated heterocycles. The predicted octanol–water partition coefficient (Wildman–Crippen LogP) is 0.761. The van der Waals surface area contributed by atoms with Crippen LogP contribution in [-0.2, 0) is 10.0 Å². The van der Waals surface area contributed by atoms with Gasteiger partial charge in [-0.2, -0.15) is 4.39 Å². The lowest BCUT2D eigenvalue weighted by Crippen LogP contribution is -2.25. The van der Waals surface area contributed by atoms with Gasteiger partial charge in [-0.15, -0.1) is 0 Å². The van der Waals surface area contributed by atoms with Gasteiger partial charge >= 0.3 is 0 Å². The minimum atomic E-state index is -3.18. The number of rotatable bonds is 1. The van der Waals surface area contributed by atoms with Crippen LogP contribution < -0.4 is 4.31 Å².